The van der Waals surface area contributed by atoms with Crippen molar-refractivity contribution in [2.75, 3.05) is 5.32 Å². The molecule has 0 radical (unpaired) electrons. The van der Waals surface area contributed by atoms with Crippen LogP contribution in [0.25, 0.3) is 0 Å². The molecular formula is C11H7ClFNOS2. The predicted octanol–water partition coefficient (Wildman–Crippen LogP) is 4.08. The Kier molecular flexibility index (Phi) is 3.71. The zero-order chi connectivity index (χ0) is 12.4. The highest BCUT2D eigenvalue weighted by molar-refractivity contribution is 7.80. The normalized spacial score (nSPS) is 10.3. The summed E-state index contributed by atoms with van der Waals surface area (Å²) in [5.74, 6) is -0.926. The second-order valence-corrected chi connectivity index (χ2v) is 5.11. The number of benzene rings is 1. The molecule has 0 fully saturated rings. The predicted molar refractivity (Wildman–Crippen MR) is 70.9 cm³/mol. The summed E-state index contributed by atoms with van der Waals surface area (Å²) < 4.78 is 13.4. The van der Waals surface area contributed by atoms with Crippen molar-refractivity contribution in [1.82, 2.24) is 0 Å². The molecule has 0 unspecified atom stereocenters. The molecule has 2 nitrogen and oxygen atoms in total. The van der Waals surface area contributed by atoms with Gasteiger partial charge >= 0.3 is 0 Å². The lowest BCUT2D eigenvalue weighted by Crippen LogP contribution is -2.11. The van der Waals surface area contributed by atoms with Gasteiger partial charge in [-0.3, -0.25) is 4.79 Å². The van der Waals surface area contributed by atoms with Crippen LogP contribution >= 0.6 is 35.6 Å². The van der Waals surface area contributed by atoms with Crippen LogP contribution in [0.3, 0.4) is 0 Å². The molecule has 1 N–H and O–H groups in total. The average molecular weight is 288 g/mol. The van der Waals surface area contributed by atoms with E-state index in [2.05, 4.69) is 17.9 Å². The topological polar surface area (TPSA) is 29.1 Å². The Balaban J connectivity index is 2.18. The van der Waals surface area contributed by atoms with Crippen LogP contribution in [0.5, 0.6) is 0 Å². The number of thiol groups is 1. The molecule has 0 bridgehead atoms. The van der Waals surface area contributed by atoms with Gasteiger partial charge in [-0.05, 0) is 24.3 Å². The Morgan fingerprint density at radius 2 is 2.18 bits per heavy atom. The molecule has 0 saturated carbocycles. The van der Waals surface area contributed by atoms with Gasteiger partial charge in [0.05, 0.1) is 10.6 Å². The molecule has 1 aromatic carbocycles. The van der Waals surface area contributed by atoms with Crippen LogP contribution in [0.1, 0.15) is 9.67 Å². The molecule has 1 heterocycles. The van der Waals surface area contributed by atoms with Crippen LogP contribution in [-0.4, -0.2) is 5.91 Å². The number of anilines is 1. The average Bonchev–Trinajstić information content (AvgIpc) is 2.69. The van der Waals surface area contributed by atoms with Crippen molar-refractivity contribution in [3.8, 4) is 0 Å². The van der Waals surface area contributed by atoms with E-state index in [-0.39, 0.29) is 16.6 Å². The number of hydrogen-bond acceptors (Lipinski definition) is 3. The molecule has 1 amide bonds. The maximum atomic E-state index is 13.4. The first-order valence-electron chi connectivity index (χ1n) is 4.60. The van der Waals surface area contributed by atoms with Crippen molar-refractivity contribution in [1.29, 1.82) is 0 Å². The van der Waals surface area contributed by atoms with Crippen molar-refractivity contribution in [2.45, 2.75) is 4.90 Å². The maximum absolute atomic E-state index is 13.4. The Hall–Kier alpha value is -1.04. The van der Waals surface area contributed by atoms with E-state index in [0.717, 1.165) is 6.07 Å². The SMILES string of the molecule is O=C(Nc1ccc(Cl)cc1F)c1cc(S)cs1. The van der Waals surface area contributed by atoms with Gasteiger partial charge in [-0.15, -0.1) is 24.0 Å². The van der Waals surface area contributed by atoms with E-state index in [0.29, 0.717) is 9.77 Å². The highest BCUT2D eigenvalue weighted by Gasteiger charge is 2.11. The molecule has 0 aliphatic carbocycles. The van der Waals surface area contributed by atoms with Crippen LogP contribution in [-0.2, 0) is 0 Å². The van der Waals surface area contributed by atoms with Crippen molar-refractivity contribution < 1.29 is 9.18 Å². The minimum absolute atomic E-state index is 0.105. The first kappa shape index (κ1) is 12.4. The summed E-state index contributed by atoms with van der Waals surface area (Å²) in [6, 6.07) is 5.70. The van der Waals surface area contributed by atoms with Crippen LogP contribution in [0.15, 0.2) is 34.5 Å². The van der Waals surface area contributed by atoms with E-state index in [1.165, 1.54) is 23.5 Å². The van der Waals surface area contributed by atoms with Crippen LogP contribution in [0.2, 0.25) is 5.02 Å². The summed E-state index contributed by atoms with van der Waals surface area (Å²) in [6.07, 6.45) is 0. The lowest BCUT2D eigenvalue weighted by atomic mass is 10.3. The Morgan fingerprint density at radius 3 is 2.76 bits per heavy atom. The number of rotatable bonds is 2. The number of carbonyl (C=O) groups is 1. The molecule has 0 aliphatic rings. The molecule has 88 valence electrons. The van der Waals surface area contributed by atoms with Gasteiger partial charge in [-0.2, -0.15) is 0 Å². The third-order valence-electron chi connectivity index (χ3n) is 1.99. The molecular weight excluding hydrogens is 281 g/mol. The summed E-state index contributed by atoms with van der Waals surface area (Å²) in [4.78, 5) is 12.9. The molecule has 6 heteroatoms. The van der Waals surface area contributed by atoms with Gasteiger partial charge in [0, 0.05) is 15.3 Å². The lowest BCUT2D eigenvalue weighted by Gasteiger charge is -2.04. The summed E-state index contributed by atoms with van der Waals surface area (Å²) in [5, 5.41) is 4.49. The first-order valence-corrected chi connectivity index (χ1v) is 6.30. The summed E-state index contributed by atoms with van der Waals surface area (Å²) in [7, 11) is 0. The van der Waals surface area contributed by atoms with Gasteiger partial charge in [0.25, 0.3) is 5.91 Å². The number of thiophene rings is 1. The minimum Gasteiger partial charge on any atom is -0.319 e. The van der Waals surface area contributed by atoms with Gasteiger partial charge in [0.1, 0.15) is 5.82 Å². The summed E-state index contributed by atoms with van der Waals surface area (Å²) >= 11 is 11.0. The minimum atomic E-state index is -0.562. The number of halogens is 2. The van der Waals surface area contributed by atoms with E-state index in [4.69, 9.17) is 11.6 Å². The Morgan fingerprint density at radius 1 is 1.41 bits per heavy atom. The molecule has 0 saturated heterocycles. The quantitative estimate of drug-likeness (QED) is 0.801. The Labute approximate surface area is 112 Å². The highest BCUT2D eigenvalue weighted by atomic mass is 35.5. The second-order valence-electron chi connectivity index (χ2n) is 3.25. The van der Waals surface area contributed by atoms with Gasteiger partial charge < -0.3 is 5.32 Å². The molecule has 1 aromatic heterocycles. The summed E-state index contributed by atoms with van der Waals surface area (Å²) in [5.41, 5.74) is 0.105. The van der Waals surface area contributed by atoms with E-state index in [1.54, 1.807) is 11.4 Å². The molecule has 0 aliphatic heterocycles. The number of amides is 1. The smallest absolute Gasteiger partial charge is 0.265 e. The zero-order valence-corrected chi connectivity index (χ0v) is 10.9. The highest BCUT2D eigenvalue weighted by Crippen LogP contribution is 2.22. The van der Waals surface area contributed by atoms with E-state index < -0.39 is 5.82 Å². The van der Waals surface area contributed by atoms with Crippen LogP contribution < -0.4 is 5.32 Å². The fraction of sp³-hybridized carbons (Fsp3) is 0. The van der Waals surface area contributed by atoms with E-state index >= 15 is 0 Å². The number of hydrogen-bond donors (Lipinski definition) is 2. The molecule has 0 spiro atoms. The zero-order valence-electron chi connectivity index (χ0n) is 8.41. The van der Waals surface area contributed by atoms with Crippen molar-refractivity contribution in [3.63, 3.8) is 0 Å². The van der Waals surface area contributed by atoms with Gasteiger partial charge in [0.2, 0.25) is 0 Å². The lowest BCUT2D eigenvalue weighted by molar-refractivity contribution is 0.103. The van der Waals surface area contributed by atoms with Crippen LogP contribution in [0, 0.1) is 5.82 Å². The van der Waals surface area contributed by atoms with Crippen LogP contribution in [0.4, 0.5) is 10.1 Å². The monoisotopic (exact) mass is 287 g/mol. The van der Waals surface area contributed by atoms with E-state index in [1.807, 2.05) is 0 Å². The van der Waals surface area contributed by atoms with Gasteiger partial charge in [-0.1, -0.05) is 11.6 Å². The Bertz CT molecular complexity index is 570. The largest absolute Gasteiger partial charge is 0.319 e. The molecule has 0 atom stereocenters. The number of nitrogens with one attached hydrogen (secondary N) is 1. The standard InChI is InChI=1S/C11H7ClFNOS2/c12-6-1-2-9(8(13)3-6)14-11(15)10-4-7(16)5-17-10/h1-5,16H,(H,14,15). The first-order chi connectivity index (χ1) is 8.06. The fourth-order valence-electron chi connectivity index (χ4n) is 1.22. The number of carbonyl (C=O) groups excluding carboxylic acids is 1. The van der Waals surface area contributed by atoms with E-state index in [9.17, 15) is 9.18 Å². The third kappa shape index (κ3) is 3.00. The summed E-state index contributed by atoms with van der Waals surface area (Å²) in [6.45, 7) is 0. The maximum Gasteiger partial charge on any atom is 0.265 e. The van der Waals surface area contributed by atoms with Gasteiger partial charge in [0.15, 0.2) is 0 Å². The molecule has 2 rings (SSSR count). The molecule has 2 aromatic rings. The third-order valence-corrected chi connectivity index (χ3v) is 3.59. The van der Waals surface area contributed by atoms with Crippen molar-refractivity contribution >= 4 is 47.2 Å². The van der Waals surface area contributed by atoms with Crippen molar-refractivity contribution in [3.05, 3.63) is 45.4 Å². The molecule has 17 heavy (non-hydrogen) atoms. The van der Waals surface area contributed by atoms with Crippen molar-refractivity contribution in [2.24, 2.45) is 0 Å². The fourth-order valence-corrected chi connectivity index (χ4v) is 2.42. The van der Waals surface area contributed by atoms with Gasteiger partial charge in [-0.25, -0.2) is 4.39 Å². The second kappa shape index (κ2) is 5.08.